The van der Waals surface area contributed by atoms with Gasteiger partial charge in [-0.3, -0.25) is 9.59 Å². The van der Waals surface area contributed by atoms with Crippen LogP contribution in [0.4, 0.5) is 0 Å². The van der Waals surface area contributed by atoms with E-state index in [0.29, 0.717) is 13.2 Å². The van der Waals surface area contributed by atoms with Crippen molar-refractivity contribution in [2.75, 3.05) is 26.3 Å². The number of sulfonamides is 1. The smallest absolute Gasteiger partial charge is 0.329 e. The number of carbonyl (C=O) groups is 3. The van der Waals surface area contributed by atoms with Gasteiger partial charge in [0.15, 0.2) is 6.10 Å². The van der Waals surface area contributed by atoms with Gasteiger partial charge >= 0.3 is 5.97 Å². The van der Waals surface area contributed by atoms with Gasteiger partial charge < -0.3 is 20.1 Å². The quantitative estimate of drug-likeness (QED) is 0.518. The Balaban J connectivity index is 2.13. The molecule has 0 aromatic heterocycles. The molecule has 34 heavy (non-hydrogen) atoms. The molecule has 2 rings (SSSR count). The Kier molecular flexibility index (Phi) is 9.21. The van der Waals surface area contributed by atoms with Crippen molar-refractivity contribution in [1.82, 2.24) is 14.9 Å². The first-order valence-corrected chi connectivity index (χ1v) is 12.7. The lowest BCUT2D eigenvalue weighted by atomic mass is 10.0. The lowest BCUT2D eigenvalue weighted by Gasteiger charge is -2.26. The maximum Gasteiger partial charge on any atom is 0.329 e. The molecular weight excluding hydrogens is 462 g/mol. The summed E-state index contributed by atoms with van der Waals surface area (Å²) in [6.45, 7) is 11.4. The van der Waals surface area contributed by atoms with E-state index < -0.39 is 45.5 Å². The van der Waals surface area contributed by atoms with E-state index in [4.69, 9.17) is 9.47 Å². The first-order valence-electron chi connectivity index (χ1n) is 11.2. The minimum absolute atomic E-state index is 0.0156. The largest absolute Gasteiger partial charge is 0.451 e. The van der Waals surface area contributed by atoms with Crippen molar-refractivity contribution < 1.29 is 32.3 Å². The maximum absolute atomic E-state index is 12.9. The topological polar surface area (TPSA) is 131 Å². The van der Waals surface area contributed by atoms with Gasteiger partial charge in [0.05, 0.1) is 18.1 Å². The second kappa shape index (κ2) is 11.3. The summed E-state index contributed by atoms with van der Waals surface area (Å²) in [5.74, 6) is -2.16. The average Bonchev–Trinajstić information content (AvgIpc) is 2.76. The average molecular weight is 498 g/mol. The van der Waals surface area contributed by atoms with E-state index in [-0.39, 0.29) is 29.5 Å². The zero-order valence-electron chi connectivity index (χ0n) is 20.6. The van der Waals surface area contributed by atoms with Crippen molar-refractivity contribution in [2.45, 2.75) is 64.1 Å². The highest BCUT2D eigenvalue weighted by Gasteiger charge is 2.31. The second-order valence-corrected chi connectivity index (χ2v) is 11.5. The zero-order valence-corrected chi connectivity index (χ0v) is 21.4. The number of carbonyl (C=O) groups excluding carboxylic acids is 3. The molecule has 1 fully saturated rings. The number of amides is 2. The van der Waals surface area contributed by atoms with Crippen LogP contribution < -0.4 is 10.6 Å². The van der Waals surface area contributed by atoms with Crippen molar-refractivity contribution in [2.24, 2.45) is 5.92 Å². The third-order valence-corrected chi connectivity index (χ3v) is 6.97. The van der Waals surface area contributed by atoms with Crippen LogP contribution in [0, 0.1) is 5.92 Å². The Hall–Kier alpha value is -2.50. The van der Waals surface area contributed by atoms with Crippen LogP contribution in [0.25, 0.3) is 0 Å². The molecule has 190 valence electrons. The van der Waals surface area contributed by atoms with Crippen LogP contribution >= 0.6 is 0 Å². The van der Waals surface area contributed by atoms with E-state index in [9.17, 15) is 22.8 Å². The Morgan fingerprint density at radius 3 is 2.26 bits per heavy atom. The van der Waals surface area contributed by atoms with Gasteiger partial charge in [0.2, 0.25) is 10.0 Å². The number of rotatable bonds is 8. The number of hydrogen-bond acceptors (Lipinski definition) is 7. The molecule has 1 aromatic carbocycles. The summed E-state index contributed by atoms with van der Waals surface area (Å²) in [4.78, 5) is 37.9. The minimum atomic E-state index is -3.78. The molecule has 10 nitrogen and oxygen atoms in total. The third-order valence-electron chi connectivity index (χ3n) is 5.07. The van der Waals surface area contributed by atoms with Gasteiger partial charge in [-0.25, -0.2) is 13.2 Å². The number of hydrogen-bond donors (Lipinski definition) is 2. The fourth-order valence-electron chi connectivity index (χ4n) is 3.23. The summed E-state index contributed by atoms with van der Waals surface area (Å²) in [7, 11) is -3.78. The fourth-order valence-corrected chi connectivity index (χ4v) is 4.68. The number of nitrogens with one attached hydrogen (secondary N) is 2. The Morgan fingerprint density at radius 1 is 1.09 bits per heavy atom. The van der Waals surface area contributed by atoms with Gasteiger partial charge in [-0.15, -0.1) is 0 Å². The predicted molar refractivity (Wildman–Crippen MR) is 126 cm³/mol. The molecule has 2 atom stereocenters. The first-order chi connectivity index (χ1) is 15.7. The van der Waals surface area contributed by atoms with Crippen LogP contribution in [-0.4, -0.2) is 74.5 Å². The molecule has 0 aliphatic carbocycles. The van der Waals surface area contributed by atoms with E-state index in [1.54, 1.807) is 13.8 Å². The molecule has 0 saturated carbocycles. The number of ether oxygens (including phenoxy) is 2. The minimum Gasteiger partial charge on any atom is -0.451 e. The van der Waals surface area contributed by atoms with Gasteiger partial charge in [0.25, 0.3) is 11.8 Å². The molecule has 11 heteroatoms. The number of benzene rings is 1. The van der Waals surface area contributed by atoms with Crippen molar-refractivity contribution in [1.29, 1.82) is 0 Å². The van der Waals surface area contributed by atoms with Gasteiger partial charge in [-0.2, -0.15) is 4.31 Å². The van der Waals surface area contributed by atoms with Gasteiger partial charge in [0, 0.05) is 24.2 Å². The summed E-state index contributed by atoms with van der Waals surface area (Å²) in [6.07, 6.45) is -1.05. The molecule has 2 amide bonds. The standard InChI is InChI=1S/C23H35N3O7S/c1-15(2)19(22(29)33-16(3)20(27)25-23(4,5)6)24-21(28)17-8-7-9-18(14-17)34(30,31)26-10-12-32-13-11-26/h7-9,14-16,19H,10-13H2,1-6H3,(H,24,28)(H,25,27)/t16?,19-/m0/s1. The summed E-state index contributed by atoms with van der Waals surface area (Å²) < 4.78 is 37.6. The number of esters is 1. The van der Waals surface area contributed by atoms with E-state index in [1.807, 2.05) is 20.8 Å². The lowest BCUT2D eigenvalue weighted by molar-refractivity contribution is -0.158. The SMILES string of the molecule is CC(OC(=O)[C@@H](NC(=O)c1cccc(S(=O)(=O)N2CCOCC2)c1)C(C)C)C(=O)NC(C)(C)C. The van der Waals surface area contributed by atoms with Gasteiger partial charge in [-0.1, -0.05) is 19.9 Å². The van der Waals surface area contributed by atoms with E-state index in [2.05, 4.69) is 10.6 Å². The van der Waals surface area contributed by atoms with E-state index in [0.717, 1.165) is 0 Å². The zero-order chi connectivity index (χ0) is 25.7. The Labute approximate surface area is 201 Å². The lowest BCUT2D eigenvalue weighted by Crippen LogP contribution is -2.50. The highest BCUT2D eigenvalue weighted by Crippen LogP contribution is 2.19. The van der Waals surface area contributed by atoms with Crippen LogP contribution in [0.1, 0.15) is 51.9 Å². The Bertz CT molecular complexity index is 996. The van der Waals surface area contributed by atoms with E-state index >= 15 is 0 Å². The molecule has 1 aliphatic heterocycles. The summed E-state index contributed by atoms with van der Waals surface area (Å²) in [5, 5.41) is 5.34. The molecule has 1 aromatic rings. The van der Waals surface area contributed by atoms with Crippen molar-refractivity contribution in [3.63, 3.8) is 0 Å². The van der Waals surface area contributed by atoms with Crippen LogP contribution in [0.15, 0.2) is 29.2 Å². The molecule has 1 saturated heterocycles. The van der Waals surface area contributed by atoms with Crippen LogP contribution in [0.2, 0.25) is 0 Å². The molecule has 1 aliphatic rings. The fraction of sp³-hybridized carbons (Fsp3) is 0.609. The molecular formula is C23H35N3O7S. The predicted octanol–water partition coefficient (Wildman–Crippen LogP) is 1.31. The first kappa shape index (κ1) is 27.7. The molecule has 0 spiro atoms. The highest BCUT2D eigenvalue weighted by molar-refractivity contribution is 7.89. The number of nitrogens with zero attached hydrogens (tertiary/aromatic N) is 1. The summed E-state index contributed by atoms with van der Waals surface area (Å²) in [5.41, 5.74) is -0.401. The van der Waals surface area contributed by atoms with Crippen LogP contribution in [0.3, 0.4) is 0 Å². The summed E-state index contributed by atoms with van der Waals surface area (Å²) in [6, 6.07) is 4.62. The molecule has 1 heterocycles. The molecule has 0 radical (unpaired) electrons. The molecule has 2 N–H and O–H groups in total. The Morgan fingerprint density at radius 2 is 1.71 bits per heavy atom. The van der Waals surface area contributed by atoms with Gasteiger partial charge in [-0.05, 0) is 51.8 Å². The maximum atomic E-state index is 12.9. The van der Waals surface area contributed by atoms with Crippen molar-refractivity contribution in [3.8, 4) is 0 Å². The highest BCUT2D eigenvalue weighted by atomic mass is 32.2. The van der Waals surface area contributed by atoms with E-state index in [1.165, 1.54) is 35.5 Å². The van der Waals surface area contributed by atoms with Gasteiger partial charge in [0.1, 0.15) is 6.04 Å². The van der Waals surface area contributed by atoms with Crippen LogP contribution in [0.5, 0.6) is 0 Å². The molecule has 0 bridgehead atoms. The summed E-state index contributed by atoms with van der Waals surface area (Å²) >= 11 is 0. The normalized spacial score (nSPS) is 17.0. The van der Waals surface area contributed by atoms with Crippen molar-refractivity contribution in [3.05, 3.63) is 29.8 Å². The van der Waals surface area contributed by atoms with Crippen molar-refractivity contribution >= 4 is 27.8 Å². The number of morpholine rings is 1. The third kappa shape index (κ3) is 7.51. The monoisotopic (exact) mass is 497 g/mol. The molecule has 1 unspecified atom stereocenters. The second-order valence-electron chi connectivity index (χ2n) is 9.56. The van der Waals surface area contributed by atoms with Crippen LogP contribution in [-0.2, 0) is 29.1 Å².